The summed E-state index contributed by atoms with van der Waals surface area (Å²) in [6.07, 6.45) is 1.77. The van der Waals surface area contributed by atoms with Crippen molar-refractivity contribution in [1.29, 1.82) is 0 Å². The molecule has 1 aromatic carbocycles. The predicted octanol–water partition coefficient (Wildman–Crippen LogP) is 2.57. The lowest BCUT2D eigenvalue weighted by molar-refractivity contribution is 0.0154. The summed E-state index contributed by atoms with van der Waals surface area (Å²) in [7, 11) is 1.84. The van der Waals surface area contributed by atoms with Crippen LogP contribution in [-0.2, 0) is 5.50 Å². The molecule has 98 valence electrons. The van der Waals surface area contributed by atoms with Crippen LogP contribution in [-0.4, -0.2) is 17.9 Å². The second kappa shape index (κ2) is 4.82. The van der Waals surface area contributed by atoms with E-state index in [2.05, 4.69) is 4.98 Å². The highest BCUT2D eigenvalue weighted by Crippen LogP contribution is 2.36. The number of rotatable bonds is 2. The molecule has 0 aliphatic rings. The molecule has 0 saturated carbocycles. The summed E-state index contributed by atoms with van der Waals surface area (Å²) < 4.78 is 0. The summed E-state index contributed by atoms with van der Waals surface area (Å²) in [5, 5.41) is 10.6. The Morgan fingerprint density at radius 1 is 1.00 bits per heavy atom. The lowest BCUT2D eigenvalue weighted by Gasteiger charge is -2.37. The second-order valence-corrected chi connectivity index (χ2v) is 6.12. The van der Waals surface area contributed by atoms with Crippen molar-refractivity contribution in [2.75, 3.05) is 0 Å². The van der Waals surface area contributed by atoms with Crippen LogP contribution < -0.4 is 0 Å². The minimum Gasteiger partial charge on any atom is -0.394 e. The summed E-state index contributed by atoms with van der Waals surface area (Å²) in [5.74, 6) is 0. The summed E-state index contributed by atoms with van der Waals surface area (Å²) in [5.41, 5.74) is 1.73. The molecule has 1 N–H and O–H groups in total. The van der Waals surface area contributed by atoms with E-state index in [9.17, 15) is 5.11 Å². The number of hydrogen-bond acceptors (Lipinski definition) is 2. The van der Waals surface area contributed by atoms with E-state index in [0.29, 0.717) is 0 Å². The molecule has 1 unspecified atom stereocenters. The molecule has 0 aliphatic heterocycles. The standard InChI is InChI=1S/C16H20BNO/c1-15(2,3)16(17,19)13-9-10-14(18-11-13)12-7-5-4-6-8-12/h4-11,19H,17H2,1-3H3. The fourth-order valence-corrected chi connectivity index (χ4v) is 1.89. The van der Waals surface area contributed by atoms with Crippen LogP contribution in [0.15, 0.2) is 48.7 Å². The lowest BCUT2D eigenvalue weighted by atomic mass is 9.60. The second-order valence-electron chi connectivity index (χ2n) is 6.12. The first-order valence-corrected chi connectivity index (χ1v) is 6.57. The van der Waals surface area contributed by atoms with Gasteiger partial charge in [0.25, 0.3) is 0 Å². The summed E-state index contributed by atoms with van der Waals surface area (Å²) in [4.78, 5) is 4.47. The predicted molar refractivity (Wildman–Crippen MR) is 81.6 cm³/mol. The van der Waals surface area contributed by atoms with Gasteiger partial charge in [-0.2, -0.15) is 0 Å². The number of nitrogens with zero attached hydrogens (tertiary/aromatic N) is 1. The Hall–Kier alpha value is -1.61. The molecule has 0 radical (unpaired) electrons. The Kier molecular flexibility index (Phi) is 3.50. The van der Waals surface area contributed by atoms with Crippen molar-refractivity contribution in [3.05, 3.63) is 54.2 Å². The minimum atomic E-state index is -0.894. The van der Waals surface area contributed by atoms with Crippen molar-refractivity contribution in [2.24, 2.45) is 5.41 Å². The van der Waals surface area contributed by atoms with Crippen LogP contribution in [0.2, 0.25) is 0 Å². The Balaban J connectivity index is 2.35. The monoisotopic (exact) mass is 253 g/mol. The third-order valence-electron chi connectivity index (χ3n) is 3.86. The highest BCUT2D eigenvalue weighted by molar-refractivity contribution is 6.15. The Labute approximate surface area is 115 Å². The van der Waals surface area contributed by atoms with Crippen molar-refractivity contribution in [1.82, 2.24) is 4.98 Å². The molecule has 0 fully saturated rings. The van der Waals surface area contributed by atoms with Crippen LogP contribution in [0.25, 0.3) is 11.3 Å². The number of pyridine rings is 1. The quantitative estimate of drug-likeness (QED) is 0.834. The molecule has 2 rings (SSSR count). The lowest BCUT2D eigenvalue weighted by Crippen LogP contribution is -2.40. The van der Waals surface area contributed by atoms with Gasteiger partial charge in [-0.25, -0.2) is 0 Å². The Morgan fingerprint density at radius 2 is 1.63 bits per heavy atom. The minimum absolute atomic E-state index is 0.233. The molecule has 1 atom stereocenters. The highest BCUT2D eigenvalue weighted by atomic mass is 16.3. The highest BCUT2D eigenvalue weighted by Gasteiger charge is 2.36. The fourth-order valence-electron chi connectivity index (χ4n) is 1.89. The first-order valence-electron chi connectivity index (χ1n) is 6.57. The largest absolute Gasteiger partial charge is 0.394 e. The van der Waals surface area contributed by atoms with E-state index < -0.39 is 5.50 Å². The van der Waals surface area contributed by atoms with Crippen LogP contribution in [0.1, 0.15) is 26.3 Å². The zero-order valence-corrected chi connectivity index (χ0v) is 12.0. The van der Waals surface area contributed by atoms with Gasteiger partial charge < -0.3 is 5.11 Å². The maximum Gasteiger partial charge on any atom is 0.149 e. The normalized spacial score (nSPS) is 14.9. The van der Waals surface area contributed by atoms with Gasteiger partial charge in [-0.3, -0.25) is 4.98 Å². The van der Waals surface area contributed by atoms with E-state index in [1.807, 2.05) is 71.1 Å². The van der Waals surface area contributed by atoms with Gasteiger partial charge in [0.05, 0.1) is 11.2 Å². The Morgan fingerprint density at radius 3 is 2.11 bits per heavy atom. The molecular weight excluding hydrogens is 233 g/mol. The molecule has 0 amide bonds. The van der Waals surface area contributed by atoms with Crippen LogP contribution in [0.5, 0.6) is 0 Å². The molecule has 2 nitrogen and oxygen atoms in total. The molecule has 0 bridgehead atoms. The van der Waals surface area contributed by atoms with Crippen molar-refractivity contribution >= 4 is 7.85 Å². The topological polar surface area (TPSA) is 33.1 Å². The molecule has 0 aliphatic carbocycles. The number of benzene rings is 1. The maximum absolute atomic E-state index is 10.6. The molecule has 1 heterocycles. The smallest absolute Gasteiger partial charge is 0.149 e. The van der Waals surface area contributed by atoms with Crippen molar-refractivity contribution < 1.29 is 5.11 Å². The average molecular weight is 253 g/mol. The first kappa shape index (κ1) is 13.8. The molecule has 19 heavy (non-hydrogen) atoms. The van der Waals surface area contributed by atoms with Gasteiger partial charge in [0, 0.05) is 11.8 Å². The Bertz CT molecular complexity index is 541. The summed E-state index contributed by atoms with van der Waals surface area (Å²) >= 11 is 0. The average Bonchev–Trinajstić information content (AvgIpc) is 2.39. The van der Waals surface area contributed by atoms with Gasteiger partial charge in [0.1, 0.15) is 7.85 Å². The van der Waals surface area contributed by atoms with E-state index in [4.69, 9.17) is 0 Å². The molecule has 3 heteroatoms. The van der Waals surface area contributed by atoms with Crippen molar-refractivity contribution in [2.45, 2.75) is 26.3 Å². The molecule has 2 aromatic rings. The third-order valence-corrected chi connectivity index (χ3v) is 3.86. The number of hydrogen-bond donors (Lipinski definition) is 1. The SMILES string of the molecule is BC(O)(c1ccc(-c2ccccc2)nc1)C(C)(C)C. The van der Waals surface area contributed by atoms with Gasteiger partial charge in [0.15, 0.2) is 0 Å². The van der Waals surface area contributed by atoms with Crippen molar-refractivity contribution in [3.63, 3.8) is 0 Å². The first-order chi connectivity index (χ1) is 8.82. The fraction of sp³-hybridized carbons (Fsp3) is 0.312. The molecular formula is C16H20BNO. The zero-order valence-electron chi connectivity index (χ0n) is 12.0. The van der Waals surface area contributed by atoms with E-state index >= 15 is 0 Å². The van der Waals surface area contributed by atoms with Crippen LogP contribution in [0.3, 0.4) is 0 Å². The van der Waals surface area contributed by atoms with Gasteiger partial charge in [0.2, 0.25) is 0 Å². The third kappa shape index (κ3) is 2.71. The summed E-state index contributed by atoms with van der Waals surface area (Å²) in [6, 6.07) is 14.0. The van der Waals surface area contributed by atoms with Gasteiger partial charge in [-0.05, 0) is 17.0 Å². The molecule has 0 spiro atoms. The van der Waals surface area contributed by atoms with Crippen LogP contribution in [0, 0.1) is 5.41 Å². The molecule has 0 saturated heterocycles. The van der Waals surface area contributed by atoms with E-state index in [-0.39, 0.29) is 5.41 Å². The maximum atomic E-state index is 10.6. The van der Waals surface area contributed by atoms with Crippen molar-refractivity contribution in [3.8, 4) is 11.3 Å². The number of aliphatic hydroxyl groups is 1. The van der Waals surface area contributed by atoms with Crippen LogP contribution >= 0.6 is 0 Å². The van der Waals surface area contributed by atoms with Gasteiger partial charge in [-0.1, -0.05) is 57.2 Å². The molecule has 1 aromatic heterocycles. The van der Waals surface area contributed by atoms with Gasteiger partial charge in [-0.15, -0.1) is 0 Å². The van der Waals surface area contributed by atoms with Crippen LogP contribution in [0.4, 0.5) is 0 Å². The zero-order chi connectivity index (χ0) is 14.1. The number of aromatic nitrogens is 1. The van der Waals surface area contributed by atoms with E-state index in [1.54, 1.807) is 6.20 Å². The van der Waals surface area contributed by atoms with E-state index in [1.165, 1.54) is 0 Å². The van der Waals surface area contributed by atoms with E-state index in [0.717, 1.165) is 16.8 Å². The summed E-state index contributed by atoms with van der Waals surface area (Å²) in [6.45, 7) is 6.08. The van der Waals surface area contributed by atoms with Gasteiger partial charge >= 0.3 is 0 Å².